The number of methoxy groups -OCH3 is 2. The van der Waals surface area contributed by atoms with Crippen LogP contribution in [0.1, 0.15) is 43.6 Å². The number of para-hydroxylation sites is 1. The molecule has 1 aromatic heterocycles. The number of alkyl carbamates (subject to hydrolysis) is 1. The second-order valence-electron chi connectivity index (χ2n) is 13.6. The summed E-state index contributed by atoms with van der Waals surface area (Å²) in [6.07, 6.45) is -0.910. The van der Waals surface area contributed by atoms with Crippen molar-refractivity contribution in [1.82, 2.24) is 20.5 Å². The number of carboxylic acids is 1. The van der Waals surface area contributed by atoms with Crippen LogP contribution in [0.5, 0.6) is 34.5 Å². The summed E-state index contributed by atoms with van der Waals surface area (Å²) in [5.41, 5.74) is 0.834. The number of hydrogen-bond acceptors (Lipinski definition) is 14. The molecule has 0 saturated carbocycles. The number of nitrogens with zero attached hydrogens (tertiary/aromatic N) is 1. The second-order valence-corrected chi connectivity index (χ2v) is 15.8. The minimum atomic E-state index is -4.40. The highest BCUT2D eigenvalue weighted by atomic mass is 35.5. The fourth-order valence-electron chi connectivity index (χ4n) is 5.51. The van der Waals surface area contributed by atoms with E-state index in [1.54, 1.807) is 56.3 Å². The number of nitrogens with one attached hydrogen (secondary N) is 4. The molecule has 0 radical (unpaired) electrons. The third kappa shape index (κ3) is 13.7. The van der Waals surface area contributed by atoms with Gasteiger partial charge >= 0.3 is 31.8 Å². The van der Waals surface area contributed by atoms with E-state index in [0.717, 1.165) is 0 Å². The number of carbonyl (C=O) groups excluding carboxylic acids is 4. The second kappa shape index (κ2) is 22.6. The zero-order valence-corrected chi connectivity index (χ0v) is 37.5. The number of halogens is 2. The lowest BCUT2D eigenvalue weighted by molar-refractivity contribution is -0.149. The molecular weight excluding hydrogens is 900 g/mol. The molecule has 0 saturated heterocycles. The van der Waals surface area contributed by atoms with Gasteiger partial charge in [0, 0.05) is 23.7 Å². The Morgan fingerprint density at radius 2 is 1.48 bits per heavy atom. The number of benzene rings is 4. The van der Waals surface area contributed by atoms with Crippen molar-refractivity contribution < 1.29 is 66.6 Å². The molecule has 5 N–H and O–H groups in total. The van der Waals surface area contributed by atoms with Gasteiger partial charge in [0.05, 0.1) is 42.1 Å². The lowest BCUT2D eigenvalue weighted by Gasteiger charge is -2.26. The van der Waals surface area contributed by atoms with Crippen LogP contribution in [-0.2, 0) is 30.2 Å². The van der Waals surface area contributed by atoms with Crippen LogP contribution >= 0.6 is 31.7 Å². The summed E-state index contributed by atoms with van der Waals surface area (Å²) >= 11 is 6.46. The number of aromatic nitrogens is 1. The van der Waals surface area contributed by atoms with Crippen molar-refractivity contribution >= 4 is 78.3 Å². The van der Waals surface area contributed by atoms with Crippen LogP contribution < -0.4 is 44.3 Å². The van der Waals surface area contributed by atoms with Gasteiger partial charge in [-0.25, -0.2) is 24.3 Å². The first-order chi connectivity index (χ1) is 30.0. The van der Waals surface area contributed by atoms with Gasteiger partial charge in [-0.2, -0.15) is 0 Å². The van der Waals surface area contributed by atoms with Crippen LogP contribution in [0.4, 0.5) is 15.3 Å². The van der Waals surface area contributed by atoms with Crippen molar-refractivity contribution in [2.45, 2.75) is 52.5 Å². The molecule has 1 heterocycles. The number of carbonyl (C=O) groups is 5. The molecule has 5 aromatic rings. The third-order valence-corrected chi connectivity index (χ3v) is 10.7. The Morgan fingerprint density at radius 1 is 0.781 bits per heavy atom. The fraction of sp³-hybridized carbons (Fsp3) is 0.238. The molecule has 22 heteroatoms. The van der Waals surface area contributed by atoms with E-state index in [-0.39, 0.29) is 63.0 Å². The number of hydrogen-bond donors (Lipinski definition) is 5. The number of anilines is 1. The predicted octanol–water partition coefficient (Wildman–Crippen LogP) is 8.28. The summed E-state index contributed by atoms with van der Waals surface area (Å²) in [4.78, 5) is 67.4. The van der Waals surface area contributed by atoms with E-state index < -0.39 is 62.5 Å². The number of esters is 1. The first-order valence-corrected chi connectivity index (χ1v) is 20.9. The van der Waals surface area contributed by atoms with Crippen molar-refractivity contribution in [2.24, 2.45) is 0 Å². The van der Waals surface area contributed by atoms with E-state index in [4.69, 9.17) is 44.5 Å². The van der Waals surface area contributed by atoms with Gasteiger partial charge in [-0.05, 0) is 81.8 Å². The number of rotatable bonds is 18. The Hall–Kier alpha value is -6.63. The summed E-state index contributed by atoms with van der Waals surface area (Å²) in [6.45, 7) is 5.40. The normalized spacial score (nSPS) is 12.6. The number of ether oxygens (including phenoxy) is 6. The summed E-state index contributed by atoms with van der Waals surface area (Å²) in [7, 11) is -1.77. The molecule has 0 aliphatic carbocycles. The average Bonchev–Trinajstić information content (AvgIpc) is 3.23. The minimum Gasteiger partial charge on any atom is -0.496 e. The Morgan fingerprint density at radius 3 is 2.14 bits per heavy atom. The summed E-state index contributed by atoms with van der Waals surface area (Å²) < 4.78 is 52.4. The van der Waals surface area contributed by atoms with E-state index >= 15 is 0 Å². The van der Waals surface area contributed by atoms with Gasteiger partial charge in [-0.3, -0.25) is 30.0 Å². The predicted molar refractivity (Wildman–Crippen MR) is 236 cm³/mol. The maximum atomic E-state index is 14.0. The van der Waals surface area contributed by atoms with E-state index in [0.29, 0.717) is 16.7 Å². The molecule has 0 bridgehead atoms. The van der Waals surface area contributed by atoms with E-state index in [1.165, 1.54) is 76.7 Å². The van der Waals surface area contributed by atoms with Crippen molar-refractivity contribution in [2.75, 3.05) is 19.5 Å². The van der Waals surface area contributed by atoms with Crippen LogP contribution in [0.3, 0.4) is 0 Å². The molecule has 4 aromatic carbocycles. The highest BCUT2D eigenvalue weighted by Crippen LogP contribution is 2.44. The topological polar surface area (TPSA) is 248 Å². The smallest absolute Gasteiger partial charge is 0.417 e. The Kier molecular flexibility index (Phi) is 17.7. The lowest BCUT2D eigenvalue weighted by atomic mass is 10.1. The van der Waals surface area contributed by atoms with E-state index in [9.17, 15) is 33.6 Å². The standard InChI is InChI=1S/C42H43ClN5O14P.ClH/c1-23(2)59-40(52)25(4)48-63(55,47-24(3)39(50)51)62-37-18-26(12-15-35(37)56-5)22-58-41(53)46-38(49)30-20-29-33(21-36(30)57-6)44-17-16-34(29)60-28-13-14-32(31(43)19-28)45-42(54)61-27-10-8-7-9-11-27;/h7-21,23-25H,22H2,1-6H3,(H,45,54)(H,50,51)(H,46,49,53)(H2,47,48,55);1H. The minimum absolute atomic E-state index is 0. The van der Waals surface area contributed by atoms with Gasteiger partial charge in [0.15, 0.2) is 11.5 Å². The van der Waals surface area contributed by atoms with Crippen LogP contribution in [0.2, 0.25) is 5.02 Å². The molecule has 0 fully saturated rings. The molecule has 0 aliphatic rings. The van der Waals surface area contributed by atoms with Crippen molar-refractivity contribution in [3.8, 4) is 34.5 Å². The molecule has 0 aliphatic heterocycles. The first-order valence-electron chi connectivity index (χ1n) is 18.9. The maximum Gasteiger partial charge on any atom is 0.417 e. The molecule has 340 valence electrons. The Labute approximate surface area is 378 Å². The Balaban J connectivity index is 0.00000898. The number of aliphatic carboxylic acids is 1. The molecule has 3 unspecified atom stereocenters. The summed E-state index contributed by atoms with van der Waals surface area (Å²) in [6, 6.07) is 19.1. The number of amides is 3. The third-order valence-electron chi connectivity index (χ3n) is 8.47. The monoisotopic (exact) mass is 943 g/mol. The van der Waals surface area contributed by atoms with Crippen LogP contribution in [0.25, 0.3) is 10.9 Å². The molecule has 0 spiro atoms. The summed E-state index contributed by atoms with van der Waals surface area (Å²) in [5.74, 6) is -2.19. The van der Waals surface area contributed by atoms with E-state index in [2.05, 4.69) is 25.8 Å². The zero-order chi connectivity index (χ0) is 45.8. The van der Waals surface area contributed by atoms with Gasteiger partial charge in [0.2, 0.25) is 0 Å². The molecule has 19 nitrogen and oxygen atoms in total. The molecular formula is C42H44Cl2N5O14P. The van der Waals surface area contributed by atoms with Crippen LogP contribution in [0.15, 0.2) is 91.1 Å². The maximum absolute atomic E-state index is 14.0. The first kappa shape index (κ1) is 50.0. The fourth-order valence-corrected chi connectivity index (χ4v) is 7.56. The van der Waals surface area contributed by atoms with Crippen LogP contribution in [-0.4, -0.2) is 72.5 Å². The highest BCUT2D eigenvalue weighted by molar-refractivity contribution is 7.55. The molecule has 64 heavy (non-hydrogen) atoms. The zero-order valence-electron chi connectivity index (χ0n) is 35.0. The average molecular weight is 945 g/mol. The number of fused-ring (bicyclic) bond motifs is 1. The molecule has 5 rings (SSSR count). The van der Waals surface area contributed by atoms with Gasteiger partial charge in [0.1, 0.15) is 41.7 Å². The van der Waals surface area contributed by atoms with Crippen LogP contribution in [0, 0.1) is 0 Å². The number of imide groups is 1. The van der Waals surface area contributed by atoms with Crippen molar-refractivity contribution in [3.63, 3.8) is 0 Å². The Bertz CT molecular complexity index is 2550. The van der Waals surface area contributed by atoms with Crippen molar-refractivity contribution in [1.29, 1.82) is 0 Å². The molecule has 3 amide bonds. The molecule has 3 atom stereocenters. The number of carboxylic acid groups (broad SMARTS) is 1. The summed E-state index contributed by atoms with van der Waals surface area (Å²) in [5, 5.41) is 19.6. The quantitative estimate of drug-likeness (QED) is 0.0409. The van der Waals surface area contributed by atoms with E-state index in [1.807, 2.05) is 0 Å². The lowest BCUT2D eigenvalue weighted by Crippen LogP contribution is -2.43. The van der Waals surface area contributed by atoms with Gasteiger partial charge in [-0.1, -0.05) is 35.9 Å². The number of pyridine rings is 1. The SMILES string of the molecule is COc1ccc(COC(=O)NC(=O)c2cc3c(Oc4ccc(NC(=O)Oc5ccccc5)c(Cl)c4)ccnc3cc2OC)cc1OP(=O)(NC(C)C(=O)O)NC(C)C(=O)OC(C)C.Cl. The van der Waals surface area contributed by atoms with Gasteiger partial charge in [-0.15, -0.1) is 12.4 Å². The van der Waals surface area contributed by atoms with Gasteiger partial charge in [0.25, 0.3) is 5.91 Å². The highest BCUT2D eigenvalue weighted by Gasteiger charge is 2.35. The largest absolute Gasteiger partial charge is 0.496 e. The van der Waals surface area contributed by atoms with Gasteiger partial charge < -0.3 is 38.1 Å². The van der Waals surface area contributed by atoms with Crippen molar-refractivity contribution in [3.05, 3.63) is 107 Å².